The van der Waals surface area contributed by atoms with Crippen LogP contribution in [0.15, 0.2) is 28.7 Å². The Morgan fingerprint density at radius 1 is 1.17 bits per heavy atom. The van der Waals surface area contributed by atoms with Crippen LogP contribution in [0.3, 0.4) is 0 Å². The van der Waals surface area contributed by atoms with Gasteiger partial charge in [0.05, 0.1) is 6.54 Å². The lowest BCUT2D eigenvalue weighted by atomic mass is 10.1. The Bertz CT molecular complexity index is 476. The van der Waals surface area contributed by atoms with E-state index in [1.165, 1.54) is 18.4 Å². The van der Waals surface area contributed by atoms with Gasteiger partial charge < -0.3 is 9.73 Å². The van der Waals surface area contributed by atoms with Crippen LogP contribution in [0, 0.1) is 6.92 Å². The number of rotatable bonds is 6. The van der Waals surface area contributed by atoms with E-state index in [1.54, 1.807) is 6.92 Å². The first-order chi connectivity index (χ1) is 8.78. The first kappa shape index (κ1) is 12.6. The quantitative estimate of drug-likeness (QED) is 0.848. The topological polar surface area (TPSA) is 51.0 Å². The van der Waals surface area contributed by atoms with Gasteiger partial charge >= 0.3 is 0 Å². The molecule has 96 valence electrons. The van der Waals surface area contributed by atoms with Crippen LogP contribution >= 0.6 is 0 Å². The number of benzene rings is 1. The molecule has 1 N–H and O–H groups in total. The number of hydrogen-bond acceptors (Lipinski definition) is 4. The minimum absolute atomic E-state index is 0.565. The van der Waals surface area contributed by atoms with Crippen LogP contribution in [-0.2, 0) is 13.0 Å². The average molecular weight is 245 g/mol. The standard InChI is InChI=1S/C14H19N3O/c1-3-4-5-12-6-8-13(9-7-12)15-10-14-17-16-11(2)18-14/h6-9,15H,3-5,10H2,1-2H3. The zero-order chi connectivity index (χ0) is 12.8. The highest BCUT2D eigenvalue weighted by molar-refractivity contribution is 5.44. The molecule has 0 atom stereocenters. The summed E-state index contributed by atoms with van der Waals surface area (Å²) in [7, 11) is 0. The fourth-order valence-corrected chi connectivity index (χ4v) is 1.76. The molecule has 0 fully saturated rings. The molecule has 1 heterocycles. The van der Waals surface area contributed by atoms with Crippen LogP contribution in [0.1, 0.15) is 37.1 Å². The van der Waals surface area contributed by atoms with E-state index in [1.807, 2.05) is 0 Å². The second-order valence-electron chi connectivity index (χ2n) is 4.37. The van der Waals surface area contributed by atoms with Crippen molar-refractivity contribution < 1.29 is 4.42 Å². The fraction of sp³-hybridized carbons (Fsp3) is 0.429. The highest BCUT2D eigenvalue weighted by atomic mass is 16.4. The molecule has 0 aliphatic carbocycles. The predicted octanol–water partition coefficient (Wildman–Crippen LogP) is 3.33. The normalized spacial score (nSPS) is 10.6. The number of nitrogens with one attached hydrogen (secondary N) is 1. The maximum atomic E-state index is 5.30. The Morgan fingerprint density at radius 3 is 2.56 bits per heavy atom. The molecule has 1 aromatic heterocycles. The minimum Gasteiger partial charge on any atom is -0.424 e. The predicted molar refractivity (Wildman–Crippen MR) is 71.4 cm³/mol. The lowest BCUT2D eigenvalue weighted by molar-refractivity contribution is 0.475. The third kappa shape index (κ3) is 3.58. The molecule has 0 unspecified atom stereocenters. The molecule has 0 spiro atoms. The van der Waals surface area contributed by atoms with Crippen LogP contribution in [-0.4, -0.2) is 10.2 Å². The molecule has 2 rings (SSSR count). The molecule has 0 aliphatic rings. The van der Waals surface area contributed by atoms with Crippen LogP contribution < -0.4 is 5.32 Å². The average Bonchev–Trinajstić information content (AvgIpc) is 2.81. The Labute approximate surface area is 107 Å². The summed E-state index contributed by atoms with van der Waals surface area (Å²) >= 11 is 0. The van der Waals surface area contributed by atoms with Gasteiger partial charge in [0.2, 0.25) is 11.8 Å². The largest absolute Gasteiger partial charge is 0.424 e. The van der Waals surface area contributed by atoms with E-state index in [9.17, 15) is 0 Å². The van der Waals surface area contributed by atoms with Crippen molar-refractivity contribution in [3.8, 4) is 0 Å². The molecule has 4 nitrogen and oxygen atoms in total. The molecule has 0 aliphatic heterocycles. The van der Waals surface area contributed by atoms with Gasteiger partial charge in [0.1, 0.15) is 0 Å². The number of anilines is 1. The molecule has 0 amide bonds. The van der Waals surface area contributed by atoms with Gasteiger partial charge in [-0.05, 0) is 30.5 Å². The maximum Gasteiger partial charge on any atom is 0.235 e. The maximum absolute atomic E-state index is 5.30. The van der Waals surface area contributed by atoms with Crippen LogP contribution in [0.2, 0.25) is 0 Å². The lowest BCUT2D eigenvalue weighted by Gasteiger charge is -2.05. The Morgan fingerprint density at radius 2 is 1.94 bits per heavy atom. The van der Waals surface area contributed by atoms with Crippen molar-refractivity contribution in [1.82, 2.24) is 10.2 Å². The highest BCUT2D eigenvalue weighted by Gasteiger charge is 2.01. The van der Waals surface area contributed by atoms with E-state index < -0.39 is 0 Å². The summed E-state index contributed by atoms with van der Waals surface area (Å²) in [6, 6.07) is 8.51. The van der Waals surface area contributed by atoms with E-state index in [-0.39, 0.29) is 0 Å². The molecular weight excluding hydrogens is 226 g/mol. The van der Waals surface area contributed by atoms with Crippen molar-refractivity contribution in [2.75, 3.05) is 5.32 Å². The van der Waals surface area contributed by atoms with Crippen molar-refractivity contribution in [3.05, 3.63) is 41.6 Å². The SMILES string of the molecule is CCCCc1ccc(NCc2nnc(C)o2)cc1. The summed E-state index contributed by atoms with van der Waals surface area (Å²) in [5.41, 5.74) is 2.46. The van der Waals surface area contributed by atoms with Crippen LogP contribution in [0.5, 0.6) is 0 Å². The Hall–Kier alpha value is -1.84. The van der Waals surface area contributed by atoms with Crippen molar-refractivity contribution in [3.63, 3.8) is 0 Å². The van der Waals surface area contributed by atoms with E-state index in [4.69, 9.17) is 4.42 Å². The Balaban J connectivity index is 1.86. The number of aryl methyl sites for hydroxylation is 2. The second kappa shape index (κ2) is 6.19. The van der Waals surface area contributed by atoms with Gasteiger partial charge in [0.25, 0.3) is 0 Å². The summed E-state index contributed by atoms with van der Waals surface area (Å²) in [5.74, 6) is 1.21. The molecule has 0 saturated carbocycles. The molecule has 1 aromatic carbocycles. The smallest absolute Gasteiger partial charge is 0.235 e. The summed E-state index contributed by atoms with van der Waals surface area (Å²) in [5, 5.41) is 11.0. The van der Waals surface area contributed by atoms with Gasteiger partial charge in [-0.2, -0.15) is 0 Å². The van der Waals surface area contributed by atoms with Crippen LogP contribution in [0.4, 0.5) is 5.69 Å². The van der Waals surface area contributed by atoms with E-state index >= 15 is 0 Å². The van der Waals surface area contributed by atoms with Gasteiger partial charge in [0.15, 0.2) is 0 Å². The first-order valence-electron chi connectivity index (χ1n) is 6.39. The highest BCUT2D eigenvalue weighted by Crippen LogP contribution is 2.12. The molecule has 4 heteroatoms. The van der Waals surface area contributed by atoms with Crippen molar-refractivity contribution in [2.24, 2.45) is 0 Å². The first-order valence-corrected chi connectivity index (χ1v) is 6.39. The monoisotopic (exact) mass is 245 g/mol. The number of hydrogen-bond donors (Lipinski definition) is 1. The van der Waals surface area contributed by atoms with E-state index in [0.717, 1.165) is 12.1 Å². The summed E-state index contributed by atoms with van der Waals surface area (Å²) in [4.78, 5) is 0. The van der Waals surface area contributed by atoms with Gasteiger partial charge in [-0.25, -0.2) is 0 Å². The third-order valence-corrected chi connectivity index (χ3v) is 2.78. The summed E-state index contributed by atoms with van der Waals surface area (Å²) in [6.45, 7) is 4.57. The molecule has 0 bridgehead atoms. The zero-order valence-electron chi connectivity index (χ0n) is 10.9. The molecule has 2 aromatic rings. The van der Waals surface area contributed by atoms with E-state index in [0.29, 0.717) is 18.3 Å². The van der Waals surface area contributed by atoms with Crippen molar-refractivity contribution in [1.29, 1.82) is 0 Å². The zero-order valence-corrected chi connectivity index (χ0v) is 10.9. The fourth-order valence-electron chi connectivity index (χ4n) is 1.76. The lowest BCUT2D eigenvalue weighted by Crippen LogP contribution is -1.99. The number of unbranched alkanes of at least 4 members (excludes halogenated alkanes) is 1. The molecular formula is C14H19N3O. The van der Waals surface area contributed by atoms with Gasteiger partial charge in [0, 0.05) is 12.6 Å². The number of nitrogens with zero attached hydrogens (tertiary/aromatic N) is 2. The van der Waals surface area contributed by atoms with Gasteiger partial charge in [-0.3, -0.25) is 0 Å². The van der Waals surface area contributed by atoms with Gasteiger partial charge in [-0.1, -0.05) is 25.5 Å². The molecule has 0 radical (unpaired) electrons. The van der Waals surface area contributed by atoms with Crippen molar-refractivity contribution in [2.45, 2.75) is 39.7 Å². The number of aromatic nitrogens is 2. The van der Waals surface area contributed by atoms with Crippen molar-refractivity contribution >= 4 is 5.69 Å². The Kier molecular flexibility index (Phi) is 4.34. The molecule has 18 heavy (non-hydrogen) atoms. The van der Waals surface area contributed by atoms with Crippen LogP contribution in [0.25, 0.3) is 0 Å². The van der Waals surface area contributed by atoms with Gasteiger partial charge in [-0.15, -0.1) is 10.2 Å². The van der Waals surface area contributed by atoms with E-state index in [2.05, 4.69) is 46.7 Å². The molecule has 0 saturated heterocycles. The third-order valence-electron chi connectivity index (χ3n) is 2.78. The summed E-state index contributed by atoms with van der Waals surface area (Å²) < 4.78 is 5.30. The summed E-state index contributed by atoms with van der Waals surface area (Å²) in [6.07, 6.45) is 3.63. The second-order valence-corrected chi connectivity index (χ2v) is 4.37. The minimum atomic E-state index is 0.565.